The van der Waals surface area contributed by atoms with Crippen molar-refractivity contribution in [2.24, 2.45) is 0 Å². The van der Waals surface area contributed by atoms with Crippen molar-refractivity contribution in [1.29, 1.82) is 0 Å². The second kappa shape index (κ2) is 3.71. The van der Waals surface area contributed by atoms with Gasteiger partial charge in [-0.15, -0.1) is 0 Å². The molecular formula is C10H7BrO2S. The van der Waals surface area contributed by atoms with E-state index >= 15 is 0 Å². The Morgan fingerprint density at radius 3 is 2.86 bits per heavy atom. The van der Waals surface area contributed by atoms with E-state index in [0.717, 1.165) is 21.9 Å². The van der Waals surface area contributed by atoms with E-state index in [9.17, 15) is 9.90 Å². The van der Waals surface area contributed by atoms with Crippen molar-refractivity contribution in [1.82, 2.24) is 0 Å². The molecular weight excluding hydrogens is 264 g/mol. The molecule has 72 valence electrons. The number of aromatic hydroxyl groups is 1. The van der Waals surface area contributed by atoms with E-state index in [2.05, 4.69) is 15.9 Å². The first-order valence-electron chi connectivity index (χ1n) is 4.01. The fourth-order valence-electron chi connectivity index (χ4n) is 1.40. The average molecular weight is 271 g/mol. The summed E-state index contributed by atoms with van der Waals surface area (Å²) in [4.78, 5) is 10.7. The third-order valence-corrected chi connectivity index (χ3v) is 3.62. The molecule has 2 rings (SSSR count). The third-order valence-electron chi connectivity index (χ3n) is 1.98. The predicted molar refractivity (Wildman–Crippen MR) is 61.5 cm³/mol. The van der Waals surface area contributed by atoms with Crippen LogP contribution in [0, 0.1) is 0 Å². The Labute approximate surface area is 93.3 Å². The molecule has 1 heterocycles. The molecule has 14 heavy (non-hydrogen) atoms. The van der Waals surface area contributed by atoms with Crippen molar-refractivity contribution in [3.8, 4) is 5.06 Å². The first kappa shape index (κ1) is 9.68. The molecule has 4 heteroatoms. The van der Waals surface area contributed by atoms with Gasteiger partial charge in [-0.2, -0.15) is 0 Å². The molecule has 0 aliphatic heterocycles. The highest BCUT2D eigenvalue weighted by atomic mass is 79.9. The fourth-order valence-corrected chi connectivity index (χ4v) is 2.93. The number of rotatable bonds is 2. The Morgan fingerprint density at radius 1 is 1.43 bits per heavy atom. The van der Waals surface area contributed by atoms with Gasteiger partial charge in [-0.3, -0.25) is 4.79 Å². The van der Waals surface area contributed by atoms with E-state index in [0.29, 0.717) is 10.9 Å². The van der Waals surface area contributed by atoms with Gasteiger partial charge in [0.2, 0.25) is 0 Å². The lowest BCUT2D eigenvalue weighted by Gasteiger charge is -1.99. The molecule has 1 aromatic carbocycles. The van der Waals surface area contributed by atoms with Gasteiger partial charge >= 0.3 is 0 Å². The molecule has 0 aliphatic rings. The highest BCUT2D eigenvalue weighted by molar-refractivity contribution is 9.08. The monoisotopic (exact) mass is 270 g/mol. The van der Waals surface area contributed by atoms with Crippen LogP contribution in [0.1, 0.15) is 15.9 Å². The van der Waals surface area contributed by atoms with E-state index < -0.39 is 0 Å². The molecule has 0 radical (unpaired) electrons. The first-order valence-corrected chi connectivity index (χ1v) is 5.95. The van der Waals surface area contributed by atoms with E-state index in [1.807, 2.05) is 6.07 Å². The van der Waals surface area contributed by atoms with E-state index in [-0.39, 0.29) is 5.06 Å². The Balaban J connectivity index is 2.78. The summed E-state index contributed by atoms with van der Waals surface area (Å²) in [6.45, 7) is 0. The standard InChI is InChI=1S/C10H7BrO2S/c11-4-8-2-6(5-12)1-7-3-9(13)14-10(7)8/h1-3,5,13H,4H2. The summed E-state index contributed by atoms with van der Waals surface area (Å²) in [5, 5.41) is 11.2. The van der Waals surface area contributed by atoms with Gasteiger partial charge in [0.05, 0.1) is 0 Å². The number of alkyl halides is 1. The molecule has 0 saturated carbocycles. The second-order valence-electron chi connectivity index (χ2n) is 2.93. The van der Waals surface area contributed by atoms with Crippen LogP contribution in [0.4, 0.5) is 0 Å². The van der Waals surface area contributed by atoms with Crippen LogP contribution in [0.2, 0.25) is 0 Å². The highest BCUT2D eigenvalue weighted by Gasteiger charge is 2.07. The summed E-state index contributed by atoms with van der Waals surface area (Å²) in [5.41, 5.74) is 1.68. The minimum Gasteiger partial charge on any atom is -0.499 e. The molecule has 0 atom stereocenters. The van der Waals surface area contributed by atoms with Crippen molar-refractivity contribution >= 4 is 43.6 Å². The van der Waals surface area contributed by atoms with Gasteiger partial charge < -0.3 is 5.11 Å². The maximum Gasteiger partial charge on any atom is 0.172 e. The minimum absolute atomic E-state index is 0.283. The lowest BCUT2D eigenvalue weighted by atomic mass is 10.1. The van der Waals surface area contributed by atoms with Gasteiger partial charge in [-0.25, -0.2) is 0 Å². The molecule has 0 aliphatic carbocycles. The van der Waals surface area contributed by atoms with Crippen molar-refractivity contribution < 1.29 is 9.90 Å². The topological polar surface area (TPSA) is 37.3 Å². The summed E-state index contributed by atoms with van der Waals surface area (Å²) in [5.74, 6) is 0. The first-order chi connectivity index (χ1) is 6.74. The summed E-state index contributed by atoms with van der Waals surface area (Å²) in [7, 11) is 0. The fraction of sp³-hybridized carbons (Fsp3) is 0.100. The summed E-state index contributed by atoms with van der Waals surface area (Å²) in [6.07, 6.45) is 0.820. The number of hydrogen-bond acceptors (Lipinski definition) is 3. The molecule has 0 saturated heterocycles. The lowest BCUT2D eigenvalue weighted by Crippen LogP contribution is -1.83. The van der Waals surface area contributed by atoms with Crippen LogP contribution in [-0.4, -0.2) is 11.4 Å². The molecule has 0 fully saturated rings. The van der Waals surface area contributed by atoms with E-state index in [1.54, 1.807) is 12.1 Å². The quantitative estimate of drug-likeness (QED) is 0.672. The Kier molecular flexibility index (Phi) is 2.56. The summed E-state index contributed by atoms with van der Waals surface area (Å²) < 4.78 is 1.03. The second-order valence-corrected chi connectivity index (χ2v) is 4.53. The van der Waals surface area contributed by atoms with Crippen molar-refractivity contribution in [3.05, 3.63) is 29.3 Å². The maximum atomic E-state index is 10.7. The number of thiophene rings is 1. The maximum absolute atomic E-state index is 10.7. The van der Waals surface area contributed by atoms with Gasteiger partial charge in [-0.1, -0.05) is 27.3 Å². The van der Waals surface area contributed by atoms with Crippen molar-refractivity contribution in [2.75, 3.05) is 0 Å². The van der Waals surface area contributed by atoms with Crippen molar-refractivity contribution in [2.45, 2.75) is 5.33 Å². The number of carbonyl (C=O) groups is 1. The molecule has 2 nitrogen and oxygen atoms in total. The van der Waals surface area contributed by atoms with E-state index in [4.69, 9.17) is 0 Å². The SMILES string of the molecule is O=Cc1cc(CBr)c2sc(O)cc2c1. The number of carbonyl (C=O) groups excluding carboxylic acids is 1. The van der Waals surface area contributed by atoms with Gasteiger partial charge in [0.1, 0.15) is 6.29 Å². The number of halogens is 1. The smallest absolute Gasteiger partial charge is 0.172 e. The van der Waals surface area contributed by atoms with Gasteiger partial charge in [-0.05, 0) is 29.1 Å². The van der Waals surface area contributed by atoms with Crippen LogP contribution in [-0.2, 0) is 5.33 Å². The Morgan fingerprint density at radius 2 is 2.21 bits per heavy atom. The molecule has 0 bridgehead atoms. The van der Waals surface area contributed by atoms with Crippen LogP contribution in [0.25, 0.3) is 10.1 Å². The number of fused-ring (bicyclic) bond motifs is 1. The zero-order valence-electron chi connectivity index (χ0n) is 7.16. The van der Waals surface area contributed by atoms with Gasteiger partial charge in [0.15, 0.2) is 5.06 Å². The summed E-state index contributed by atoms with van der Waals surface area (Å²) >= 11 is 4.69. The minimum atomic E-state index is 0.283. The van der Waals surface area contributed by atoms with Crippen LogP contribution < -0.4 is 0 Å². The largest absolute Gasteiger partial charge is 0.499 e. The molecule has 0 unspecified atom stereocenters. The Bertz CT molecular complexity index is 490. The zero-order valence-corrected chi connectivity index (χ0v) is 9.56. The van der Waals surface area contributed by atoms with Crippen LogP contribution in [0.3, 0.4) is 0 Å². The van der Waals surface area contributed by atoms with Gasteiger partial charge in [0, 0.05) is 15.6 Å². The van der Waals surface area contributed by atoms with Gasteiger partial charge in [0.25, 0.3) is 0 Å². The van der Waals surface area contributed by atoms with Crippen LogP contribution in [0.5, 0.6) is 5.06 Å². The molecule has 0 amide bonds. The van der Waals surface area contributed by atoms with E-state index in [1.165, 1.54) is 11.3 Å². The summed E-state index contributed by atoms with van der Waals surface area (Å²) in [6, 6.07) is 5.30. The zero-order chi connectivity index (χ0) is 10.1. The predicted octanol–water partition coefficient (Wildman–Crippen LogP) is 3.31. The molecule has 2 aromatic rings. The number of hydrogen-bond donors (Lipinski definition) is 1. The highest BCUT2D eigenvalue weighted by Crippen LogP contribution is 2.34. The average Bonchev–Trinajstić information content (AvgIpc) is 2.56. The lowest BCUT2D eigenvalue weighted by molar-refractivity contribution is 0.112. The Hall–Kier alpha value is -0.870. The molecule has 1 N–H and O–H groups in total. The third kappa shape index (κ3) is 1.55. The number of benzene rings is 1. The molecule has 1 aromatic heterocycles. The van der Waals surface area contributed by atoms with Crippen molar-refractivity contribution in [3.63, 3.8) is 0 Å². The molecule has 0 spiro atoms. The van der Waals surface area contributed by atoms with Crippen LogP contribution >= 0.6 is 27.3 Å². The number of aldehydes is 1. The normalized spacial score (nSPS) is 10.6. The van der Waals surface area contributed by atoms with Crippen LogP contribution in [0.15, 0.2) is 18.2 Å².